The van der Waals surface area contributed by atoms with Crippen LogP contribution in [-0.4, -0.2) is 23.2 Å². The number of nitrogens with zero attached hydrogens (tertiary/aromatic N) is 2. The predicted molar refractivity (Wildman–Crippen MR) is 86.5 cm³/mol. The molecule has 0 radical (unpaired) electrons. The topological polar surface area (TPSA) is 82.9 Å². The molecule has 2 N–H and O–H groups in total. The quantitative estimate of drug-likeness (QED) is 0.617. The summed E-state index contributed by atoms with van der Waals surface area (Å²) in [4.78, 5) is 23.2. The summed E-state index contributed by atoms with van der Waals surface area (Å²) in [5, 5.41) is 8.17. The first kappa shape index (κ1) is 16.4. The molecule has 0 heterocycles. The standard InChI is InChI=1S/C16H24N4O2/c21-15(19-17-13-7-3-1-4-8-13)11-12-16(22)20-18-14-9-5-2-6-10-14/h11-12H,1-10H2,(H,19,21)(H,20,22). The number of carbonyl (C=O) groups is 2. The van der Waals surface area contributed by atoms with Crippen molar-refractivity contribution in [2.45, 2.75) is 64.2 Å². The van der Waals surface area contributed by atoms with Crippen molar-refractivity contribution in [3.8, 4) is 0 Å². The molecule has 22 heavy (non-hydrogen) atoms. The summed E-state index contributed by atoms with van der Waals surface area (Å²) >= 11 is 0. The van der Waals surface area contributed by atoms with Crippen molar-refractivity contribution in [1.82, 2.24) is 10.9 Å². The van der Waals surface area contributed by atoms with Gasteiger partial charge in [0.15, 0.2) is 0 Å². The van der Waals surface area contributed by atoms with Crippen LogP contribution in [0.25, 0.3) is 0 Å². The molecule has 0 saturated heterocycles. The van der Waals surface area contributed by atoms with Crippen LogP contribution in [0.15, 0.2) is 22.4 Å². The molecule has 0 unspecified atom stereocenters. The van der Waals surface area contributed by atoms with Crippen molar-refractivity contribution < 1.29 is 9.59 Å². The molecule has 6 heteroatoms. The van der Waals surface area contributed by atoms with Crippen LogP contribution in [0, 0.1) is 0 Å². The lowest BCUT2D eigenvalue weighted by Crippen LogP contribution is -2.21. The van der Waals surface area contributed by atoms with Gasteiger partial charge in [0.2, 0.25) is 0 Å². The van der Waals surface area contributed by atoms with Gasteiger partial charge in [0, 0.05) is 23.6 Å². The summed E-state index contributed by atoms with van der Waals surface area (Å²) in [5.41, 5.74) is 6.98. The Labute approximate surface area is 131 Å². The fraction of sp³-hybridized carbons (Fsp3) is 0.625. The second kappa shape index (κ2) is 9.12. The normalized spacial score (nSPS) is 18.9. The van der Waals surface area contributed by atoms with E-state index in [1.54, 1.807) is 0 Å². The Morgan fingerprint density at radius 1 is 0.682 bits per heavy atom. The molecular weight excluding hydrogens is 280 g/mol. The third-order valence-corrected chi connectivity index (χ3v) is 3.90. The number of nitrogens with one attached hydrogen (secondary N) is 2. The van der Waals surface area contributed by atoms with Gasteiger partial charge in [-0.05, 0) is 51.4 Å². The first-order chi connectivity index (χ1) is 10.7. The Morgan fingerprint density at radius 2 is 1.05 bits per heavy atom. The van der Waals surface area contributed by atoms with Crippen LogP contribution in [0.4, 0.5) is 0 Å². The highest BCUT2D eigenvalue weighted by molar-refractivity contribution is 5.97. The second-order valence-electron chi connectivity index (χ2n) is 5.76. The molecular formula is C16H24N4O2. The zero-order valence-corrected chi connectivity index (χ0v) is 12.9. The van der Waals surface area contributed by atoms with Gasteiger partial charge in [-0.25, -0.2) is 10.9 Å². The number of rotatable bonds is 4. The molecule has 0 bridgehead atoms. The monoisotopic (exact) mass is 304 g/mol. The highest BCUT2D eigenvalue weighted by Gasteiger charge is 2.08. The molecule has 0 aromatic rings. The Hall–Kier alpha value is -1.98. The van der Waals surface area contributed by atoms with Crippen molar-refractivity contribution in [3.05, 3.63) is 12.2 Å². The van der Waals surface area contributed by atoms with Gasteiger partial charge in [0.25, 0.3) is 11.8 Å². The third kappa shape index (κ3) is 6.20. The summed E-state index contributed by atoms with van der Waals surface area (Å²) in [6, 6.07) is 0. The summed E-state index contributed by atoms with van der Waals surface area (Å²) in [5.74, 6) is -0.780. The minimum atomic E-state index is -0.390. The van der Waals surface area contributed by atoms with Gasteiger partial charge in [-0.15, -0.1) is 0 Å². The van der Waals surface area contributed by atoms with E-state index in [1.807, 2.05) is 0 Å². The predicted octanol–water partition coefficient (Wildman–Crippen LogP) is 2.42. The molecule has 6 nitrogen and oxygen atoms in total. The zero-order chi connectivity index (χ0) is 15.6. The van der Waals surface area contributed by atoms with E-state index in [-0.39, 0.29) is 0 Å². The van der Waals surface area contributed by atoms with Gasteiger partial charge in [-0.3, -0.25) is 9.59 Å². The summed E-state index contributed by atoms with van der Waals surface area (Å²) in [6.07, 6.45) is 13.1. The van der Waals surface area contributed by atoms with Crippen LogP contribution < -0.4 is 10.9 Å². The minimum absolute atomic E-state index is 0.390. The molecule has 0 aromatic carbocycles. The molecule has 120 valence electrons. The molecule has 2 aliphatic rings. The number of hydrogen-bond acceptors (Lipinski definition) is 4. The smallest absolute Gasteiger partial charge is 0.264 e. The Kier molecular flexibility index (Phi) is 6.80. The van der Waals surface area contributed by atoms with Gasteiger partial charge in [0.1, 0.15) is 0 Å². The van der Waals surface area contributed by atoms with Gasteiger partial charge in [0.05, 0.1) is 0 Å². The molecule has 2 saturated carbocycles. The van der Waals surface area contributed by atoms with E-state index in [0.717, 1.165) is 62.8 Å². The van der Waals surface area contributed by atoms with E-state index in [4.69, 9.17) is 0 Å². The van der Waals surface area contributed by atoms with E-state index < -0.39 is 11.8 Å². The SMILES string of the molecule is O=C(C=CC(=O)NN=C1CCCCC1)NN=C1CCCCC1. The van der Waals surface area contributed by atoms with E-state index in [9.17, 15) is 9.59 Å². The van der Waals surface area contributed by atoms with Crippen molar-refractivity contribution >= 4 is 23.2 Å². The summed E-state index contributed by atoms with van der Waals surface area (Å²) in [7, 11) is 0. The average Bonchev–Trinajstić information content (AvgIpc) is 2.58. The summed E-state index contributed by atoms with van der Waals surface area (Å²) in [6.45, 7) is 0. The van der Waals surface area contributed by atoms with Gasteiger partial charge >= 0.3 is 0 Å². The third-order valence-electron chi connectivity index (χ3n) is 3.90. The molecule has 0 spiro atoms. The van der Waals surface area contributed by atoms with E-state index >= 15 is 0 Å². The maximum Gasteiger partial charge on any atom is 0.264 e. The Balaban J connectivity index is 1.70. The summed E-state index contributed by atoms with van der Waals surface area (Å²) < 4.78 is 0. The van der Waals surface area contributed by atoms with Crippen molar-refractivity contribution in [1.29, 1.82) is 0 Å². The largest absolute Gasteiger partial charge is 0.268 e. The number of hydrazone groups is 2. The number of amides is 2. The molecule has 0 aromatic heterocycles. The first-order valence-corrected chi connectivity index (χ1v) is 8.13. The maximum absolute atomic E-state index is 11.6. The van der Waals surface area contributed by atoms with Crippen LogP contribution in [-0.2, 0) is 9.59 Å². The molecule has 0 atom stereocenters. The van der Waals surface area contributed by atoms with Crippen LogP contribution in [0.5, 0.6) is 0 Å². The number of carbonyl (C=O) groups excluding carboxylic acids is 2. The average molecular weight is 304 g/mol. The lowest BCUT2D eigenvalue weighted by Gasteiger charge is -2.11. The minimum Gasteiger partial charge on any atom is -0.268 e. The lowest BCUT2D eigenvalue weighted by atomic mass is 9.99. The fourth-order valence-corrected chi connectivity index (χ4v) is 2.64. The van der Waals surface area contributed by atoms with E-state index in [1.165, 1.54) is 25.0 Å². The van der Waals surface area contributed by atoms with Crippen LogP contribution in [0.3, 0.4) is 0 Å². The zero-order valence-electron chi connectivity index (χ0n) is 12.9. The lowest BCUT2D eigenvalue weighted by molar-refractivity contribution is -0.118. The van der Waals surface area contributed by atoms with Gasteiger partial charge < -0.3 is 0 Å². The van der Waals surface area contributed by atoms with E-state index in [0.29, 0.717) is 0 Å². The molecule has 2 amide bonds. The highest BCUT2D eigenvalue weighted by Crippen LogP contribution is 2.14. The second-order valence-corrected chi connectivity index (χ2v) is 5.76. The molecule has 2 fully saturated rings. The molecule has 2 aliphatic carbocycles. The van der Waals surface area contributed by atoms with E-state index in [2.05, 4.69) is 21.1 Å². The van der Waals surface area contributed by atoms with Crippen LogP contribution in [0.1, 0.15) is 64.2 Å². The van der Waals surface area contributed by atoms with Crippen molar-refractivity contribution in [2.75, 3.05) is 0 Å². The van der Waals surface area contributed by atoms with Crippen molar-refractivity contribution in [3.63, 3.8) is 0 Å². The fourth-order valence-electron chi connectivity index (χ4n) is 2.64. The number of hydrogen-bond donors (Lipinski definition) is 2. The first-order valence-electron chi connectivity index (χ1n) is 8.13. The Morgan fingerprint density at radius 3 is 1.41 bits per heavy atom. The molecule has 2 rings (SSSR count). The maximum atomic E-state index is 11.6. The Bertz CT molecular complexity index is 434. The van der Waals surface area contributed by atoms with Gasteiger partial charge in [-0.2, -0.15) is 10.2 Å². The molecule has 0 aliphatic heterocycles. The van der Waals surface area contributed by atoms with Crippen LogP contribution in [0.2, 0.25) is 0 Å². The van der Waals surface area contributed by atoms with Crippen LogP contribution >= 0.6 is 0 Å². The highest BCUT2D eigenvalue weighted by atomic mass is 16.2. The van der Waals surface area contributed by atoms with Crippen molar-refractivity contribution in [2.24, 2.45) is 10.2 Å². The van der Waals surface area contributed by atoms with Gasteiger partial charge in [-0.1, -0.05) is 12.8 Å².